The highest BCUT2D eigenvalue weighted by molar-refractivity contribution is 6.64. The van der Waals surface area contributed by atoms with Gasteiger partial charge in [0.15, 0.2) is 0 Å². The van der Waals surface area contributed by atoms with Gasteiger partial charge in [-0.1, -0.05) is 6.08 Å². The van der Waals surface area contributed by atoms with Crippen LogP contribution < -0.4 is 4.74 Å². The summed E-state index contributed by atoms with van der Waals surface area (Å²) in [7, 11) is 1.31. The Labute approximate surface area is 84.4 Å². The van der Waals surface area contributed by atoms with E-state index >= 15 is 0 Å². The Morgan fingerprint density at radius 2 is 1.93 bits per heavy atom. The molecule has 0 aliphatic carbocycles. The number of hydrogen-bond acceptors (Lipinski definition) is 1. The van der Waals surface area contributed by atoms with Gasteiger partial charge in [-0.2, -0.15) is 0 Å². The highest BCUT2D eigenvalue weighted by atomic mass is 19.4. The van der Waals surface area contributed by atoms with Crippen molar-refractivity contribution in [3.63, 3.8) is 0 Å². The summed E-state index contributed by atoms with van der Waals surface area (Å²) in [6.45, 7) is -5.02. The van der Waals surface area contributed by atoms with Crippen LogP contribution in [-0.2, 0) is 0 Å². The van der Waals surface area contributed by atoms with E-state index in [1.54, 1.807) is 0 Å². The molecule has 0 fully saturated rings. The van der Waals surface area contributed by atoms with Crippen molar-refractivity contribution >= 4 is 13.1 Å². The van der Waals surface area contributed by atoms with E-state index < -0.39 is 12.8 Å². The molecule has 0 saturated heterocycles. The molecule has 1 nitrogen and oxygen atoms in total. The maximum atomic E-state index is 12.7. The fraction of sp³-hybridized carbons (Fsp3) is 0.111. The Bertz CT molecular complexity index is 373. The van der Waals surface area contributed by atoms with Gasteiger partial charge >= 0.3 is 6.98 Å². The van der Waals surface area contributed by atoms with Crippen molar-refractivity contribution in [2.75, 3.05) is 7.11 Å². The Morgan fingerprint density at radius 3 is 2.47 bits per heavy atom. The number of halogens is 4. The SMILES string of the molecule is COc1ccc(F)cc1/C=C/[B-](F)(F)F. The molecule has 1 rings (SSSR count). The van der Waals surface area contributed by atoms with Gasteiger partial charge in [0.1, 0.15) is 11.6 Å². The molecule has 0 radical (unpaired) electrons. The first-order chi connectivity index (χ1) is 6.92. The van der Waals surface area contributed by atoms with Gasteiger partial charge in [0.05, 0.1) is 7.11 Å². The van der Waals surface area contributed by atoms with Crippen molar-refractivity contribution in [1.82, 2.24) is 0 Å². The maximum Gasteiger partial charge on any atom is 0.502 e. The van der Waals surface area contributed by atoms with Crippen LogP contribution in [0.2, 0.25) is 0 Å². The zero-order chi connectivity index (χ0) is 11.5. The van der Waals surface area contributed by atoms with E-state index in [1.165, 1.54) is 13.2 Å². The fourth-order valence-corrected chi connectivity index (χ4v) is 1.05. The van der Waals surface area contributed by atoms with Crippen LogP contribution in [-0.4, -0.2) is 14.1 Å². The minimum Gasteiger partial charge on any atom is -0.496 e. The normalized spacial score (nSPS) is 12.1. The highest BCUT2D eigenvalue weighted by Gasteiger charge is 2.17. The largest absolute Gasteiger partial charge is 0.502 e. The van der Waals surface area contributed by atoms with E-state index in [9.17, 15) is 17.3 Å². The van der Waals surface area contributed by atoms with Crippen molar-refractivity contribution in [2.45, 2.75) is 0 Å². The molecular formula is C9H8BF4O-. The molecule has 0 saturated carbocycles. The Kier molecular flexibility index (Phi) is 3.39. The molecule has 0 aliphatic heterocycles. The van der Waals surface area contributed by atoms with Crippen LogP contribution in [0.5, 0.6) is 5.75 Å². The molecule has 82 valence electrons. The lowest BCUT2D eigenvalue weighted by Gasteiger charge is -2.08. The van der Waals surface area contributed by atoms with Crippen LogP contribution in [0.4, 0.5) is 17.3 Å². The van der Waals surface area contributed by atoms with E-state index in [4.69, 9.17) is 4.74 Å². The van der Waals surface area contributed by atoms with E-state index in [1.807, 2.05) is 0 Å². The number of benzene rings is 1. The lowest BCUT2D eigenvalue weighted by atomic mass is 9.90. The monoisotopic (exact) mass is 219 g/mol. The summed E-state index contributed by atoms with van der Waals surface area (Å²) in [5.41, 5.74) is 0.0664. The standard InChI is InChI=1S/C9H8BF4O/c1-15-9-3-2-8(11)6-7(9)4-5-10(12,13)14/h2-6H,1H3/q-1/b5-4+. The van der Waals surface area contributed by atoms with Gasteiger partial charge in [0, 0.05) is 5.56 Å². The molecule has 15 heavy (non-hydrogen) atoms. The predicted molar refractivity (Wildman–Crippen MR) is 51.1 cm³/mol. The van der Waals surface area contributed by atoms with Gasteiger partial charge in [0.2, 0.25) is 0 Å². The summed E-state index contributed by atoms with van der Waals surface area (Å²) in [6.07, 6.45) is 0.794. The van der Waals surface area contributed by atoms with Gasteiger partial charge in [-0.3, -0.25) is 0 Å². The van der Waals surface area contributed by atoms with Crippen LogP contribution in [0, 0.1) is 5.82 Å². The molecule has 0 unspecified atom stereocenters. The second-order valence-corrected chi connectivity index (χ2v) is 2.87. The summed E-state index contributed by atoms with van der Waals surface area (Å²) in [4.78, 5) is 0. The molecule has 0 atom stereocenters. The zero-order valence-corrected chi connectivity index (χ0v) is 7.88. The van der Waals surface area contributed by atoms with Crippen molar-refractivity contribution in [3.05, 3.63) is 35.6 Å². The van der Waals surface area contributed by atoms with Crippen LogP contribution in [0.25, 0.3) is 6.08 Å². The van der Waals surface area contributed by atoms with Crippen molar-refractivity contribution in [2.24, 2.45) is 0 Å². The molecule has 0 amide bonds. The molecular weight excluding hydrogens is 211 g/mol. The van der Waals surface area contributed by atoms with Crippen molar-refractivity contribution in [1.29, 1.82) is 0 Å². The summed E-state index contributed by atoms with van der Waals surface area (Å²) in [6, 6.07) is 3.38. The third-order valence-electron chi connectivity index (χ3n) is 1.69. The smallest absolute Gasteiger partial charge is 0.496 e. The quantitative estimate of drug-likeness (QED) is 0.560. The first-order valence-electron chi connectivity index (χ1n) is 4.15. The van der Waals surface area contributed by atoms with Crippen LogP contribution in [0.1, 0.15) is 5.56 Å². The molecule has 0 N–H and O–H groups in total. The first-order valence-corrected chi connectivity index (χ1v) is 4.15. The molecule has 1 aromatic carbocycles. The third kappa shape index (κ3) is 3.65. The Hall–Kier alpha value is -1.46. The van der Waals surface area contributed by atoms with E-state index in [0.717, 1.165) is 18.2 Å². The Balaban J connectivity index is 3.02. The molecule has 6 heteroatoms. The maximum absolute atomic E-state index is 12.7. The Morgan fingerprint density at radius 1 is 1.27 bits per heavy atom. The third-order valence-corrected chi connectivity index (χ3v) is 1.69. The summed E-state index contributed by atoms with van der Waals surface area (Å²) in [5, 5.41) is 0. The van der Waals surface area contributed by atoms with Gasteiger partial charge in [-0.15, -0.1) is 5.98 Å². The predicted octanol–water partition coefficient (Wildman–Crippen LogP) is 3.23. The van der Waals surface area contributed by atoms with Gasteiger partial charge < -0.3 is 17.7 Å². The minimum absolute atomic E-state index is 0.0664. The lowest BCUT2D eigenvalue weighted by Crippen LogP contribution is -2.09. The number of rotatable bonds is 3. The molecule has 0 aliphatic rings. The lowest BCUT2D eigenvalue weighted by molar-refractivity contribution is 0.412. The van der Waals surface area contributed by atoms with Crippen LogP contribution in [0.3, 0.4) is 0 Å². The van der Waals surface area contributed by atoms with Crippen molar-refractivity contribution in [3.8, 4) is 5.75 Å². The topological polar surface area (TPSA) is 9.23 Å². The number of ether oxygens (including phenoxy) is 1. The van der Waals surface area contributed by atoms with Gasteiger partial charge in [-0.25, -0.2) is 4.39 Å². The summed E-state index contributed by atoms with van der Waals surface area (Å²) in [5.74, 6) is -0.310. The molecule has 0 bridgehead atoms. The second-order valence-electron chi connectivity index (χ2n) is 2.87. The number of methoxy groups -OCH3 is 1. The average molecular weight is 219 g/mol. The average Bonchev–Trinajstić information content (AvgIpc) is 2.14. The minimum atomic E-state index is -5.02. The summed E-state index contributed by atoms with van der Waals surface area (Å²) < 4.78 is 53.3. The van der Waals surface area contributed by atoms with Crippen LogP contribution >= 0.6 is 0 Å². The summed E-state index contributed by atoms with van der Waals surface area (Å²) >= 11 is 0. The fourth-order valence-electron chi connectivity index (χ4n) is 1.05. The molecule has 1 aromatic rings. The van der Waals surface area contributed by atoms with Crippen LogP contribution in [0.15, 0.2) is 24.2 Å². The van der Waals surface area contributed by atoms with Gasteiger partial charge in [-0.05, 0) is 18.2 Å². The van der Waals surface area contributed by atoms with Gasteiger partial charge in [0.25, 0.3) is 0 Å². The van der Waals surface area contributed by atoms with E-state index in [2.05, 4.69) is 0 Å². The second kappa shape index (κ2) is 4.38. The molecule has 0 spiro atoms. The van der Waals surface area contributed by atoms with Crippen molar-refractivity contribution < 1.29 is 22.1 Å². The molecule has 0 aromatic heterocycles. The molecule has 0 heterocycles. The first kappa shape index (κ1) is 11.6. The van der Waals surface area contributed by atoms with E-state index in [-0.39, 0.29) is 17.3 Å². The zero-order valence-electron chi connectivity index (χ0n) is 7.88. The highest BCUT2D eigenvalue weighted by Crippen LogP contribution is 2.22. The number of hydrogen-bond donors (Lipinski definition) is 0. The van der Waals surface area contributed by atoms with E-state index in [0.29, 0.717) is 0 Å².